The largest absolute Gasteiger partial charge is 0.573 e. The molecule has 11 nitrogen and oxygen atoms in total. The molecular formula is C30H31F4N9O2. The molecule has 0 radical (unpaired) electrons. The molecule has 0 spiro atoms. The van der Waals surface area contributed by atoms with Gasteiger partial charge in [-0.1, -0.05) is 12.1 Å². The number of aromatic nitrogens is 7. The van der Waals surface area contributed by atoms with E-state index in [2.05, 4.69) is 48.1 Å². The van der Waals surface area contributed by atoms with Gasteiger partial charge in [0.15, 0.2) is 11.5 Å². The van der Waals surface area contributed by atoms with Gasteiger partial charge in [-0.05, 0) is 56.5 Å². The van der Waals surface area contributed by atoms with Crippen LogP contribution in [0, 0.1) is 5.82 Å². The molecule has 0 aliphatic carbocycles. The van der Waals surface area contributed by atoms with Gasteiger partial charge in [0.25, 0.3) is 5.78 Å². The molecule has 2 saturated heterocycles. The molecule has 4 atom stereocenters. The van der Waals surface area contributed by atoms with Crippen molar-refractivity contribution in [3.63, 3.8) is 0 Å². The number of ether oxygens (including phenoxy) is 2. The number of imidazole rings is 1. The number of alkyl halides is 3. The van der Waals surface area contributed by atoms with Gasteiger partial charge in [-0.2, -0.15) is 4.98 Å². The number of halogens is 4. The first-order chi connectivity index (χ1) is 21.6. The summed E-state index contributed by atoms with van der Waals surface area (Å²) in [6.07, 6.45) is 1.81. The standard InChI is InChI=1S/C30H31F4N9O2/c1-18-14-42(27-25-28(43-17-37-39-29(43)38-27)40(16-36-25)15-23-4-3-11-44-23)19(2)13-41(18)26(20-5-7-21(31)8-6-20)24-10-9-22(12-35-24)45-30(32,33)34/h5-10,12,16-19,23,26H,3-4,11,13-15H2,1-2H3/t18-,19+,23?,26+/m1/s1. The third-order valence-electron chi connectivity index (χ3n) is 8.51. The Balaban J connectivity index is 1.22. The van der Waals surface area contributed by atoms with Crippen molar-refractivity contribution >= 4 is 22.8 Å². The maximum Gasteiger partial charge on any atom is 0.573 e. The number of nitrogens with zero attached hydrogens (tertiary/aromatic N) is 9. The van der Waals surface area contributed by atoms with E-state index in [1.54, 1.807) is 18.5 Å². The Kier molecular flexibility index (Phi) is 7.52. The van der Waals surface area contributed by atoms with Crippen LogP contribution in [0.4, 0.5) is 23.4 Å². The van der Waals surface area contributed by atoms with Crippen LogP contribution < -0.4 is 9.64 Å². The highest BCUT2D eigenvalue weighted by Gasteiger charge is 2.38. The van der Waals surface area contributed by atoms with Crippen molar-refractivity contribution in [2.24, 2.45) is 0 Å². The van der Waals surface area contributed by atoms with Crippen LogP contribution in [0.3, 0.4) is 0 Å². The Bertz CT molecular complexity index is 1790. The van der Waals surface area contributed by atoms with E-state index in [0.29, 0.717) is 36.9 Å². The second-order valence-corrected chi connectivity index (χ2v) is 11.6. The highest BCUT2D eigenvalue weighted by Crippen LogP contribution is 2.36. The van der Waals surface area contributed by atoms with E-state index in [1.807, 2.05) is 10.7 Å². The fraction of sp³-hybridized carbons (Fsp3) is 0.433. The SMILES string of the molecule is C[C@@H]1CN(c2nc3nncn3c3c2ncn3CC2CCCO2)[C@@H](C)CN1[C@@H](c1ccc(F)cc1)c1ccc(OC(F)(F)F)cn1. The molecule has 0 bridgehead atoms. The van der Waals surface area contributed by atoms with E-state index in [0.717, 1.165) is 42.4 Å². The highest BCUT2D eigenvalue weighted by atomic mass is 19.4. The van der Waals surface area contributed by atoms with E-state index in [1.165, 1.54) is 24.3 Å². The summed E-state index contributed by atoms with van der Waals surface area (Å²) >= 11 is 0. The molecule has 236 valence electrons. The van der Waals surface area contributed by atoms with E-state index in [-0.39, 0.29) is 24.0 Å². The average Bonchev–Trinajstić information content (AvgIpc) is 3.77. The van der Waals surface area contributed by atoms with Crippen molar-refractivity contribution in [3.05, 3.63) is 72.3 Å². The van der Waals surface area contributed by atoms with E-state index >= 15 is 0 Å². The summed E-state index contributed by atoms with van der Waals surface area (Å²) in [4.78, 5) is 18.5. The molecule has 45 heavy (non-hydrogen) atoms. The van der Waals surface area contributed by atoms with Gasteiger partial charge in [-0.15, -0.1) is 23.4 Å². The van der Waals surface area contributed by atoms with Gasteiger partial charge >= 0.3 is 6.36 Å². The summed E-state index contributed by atoms with van der Waals surface area (Å²) in [5.74, 6) is 0.362. The molecule has 7 rings (SSSR count). The number of pyridine rings is 1. The second-order valence-electron chi connectivity index (χ2n) is 11.6. The summed E-state index contributed by atoms with van der Waals surface area (Å²) < 4.78 is 66.2. The first kappa shape index (κ1) is 29.3. The smallest absolute Gasteiger partial charge is 0.404 e. The van der Waals surface area contributed by atoms with Gasteiger partial charge in [-0.25, -0.2) is 13.8 Å². The minimum absolute atomic E-state index is 0.0682. The minimum Gasteiger partial charge on any atom is -0.404 e. The quantitative estimate of drug-likeness (QED) is 0.237. The summed E-state index contributed by atoms with van der Waals surface area (Å²) in [7, 11) is 0. The predicted octanol–water partition coefficient (Wildman–Crippen LogP) is 4.77. The zero-order chi connectivity index (χ0) is 31.3. The summed E-state index contributed by atoms with van der Waals surface area (Å²) in [6, 6.07) is 8.26. The Morgan fingerprint density at radius 1 is 1.02 bits per heavy atom. The predicted molar refractivity (Wildman–Crippen MR) is 155 cm³/mol. The fourth-order valence-electron chi connectivity index (χ4n) is 6.46. The van der Waals surface area contributed by atoms with Crippen molar-refractivity contribution in [1.82, 2.24) is 39.0 Å². The van der Waals surface area contributed by atoms with Gasteiger partial charge in [-0.3, -0.25) is 9.88 Å². The Labute approximate surface area is 255 Å². The van der Waals surface area contributed by atoms with Crippen LogP contribution in [0.15, 0.2) is 55.2 Å². The highest BCUT2D eigenvalue weighted by molar-refractivity contribution is 5.86. The Morgan fingerprint density at radius 2 is 1.84 bits per heavy atom. The van der Waals surface area contributed by atoms with Gasteiger partial charge in [0.05, 0.1) is 36.9 Å². The van der Waals surface area contributed by atoms with Crippen molar-refractivity contribution in [3.8, 4) is 5.75 Å². The lowest BCUT2D eigenvalue weighted by Gasteiger charge is -2.47. The molecule has 5 aromatic rings. The van der Waals surface area contributed by atoms with Crippen LogP contribution in [0.25, 0.3) is 16.9 Å². The molecule has 6 heterocycles. The maximum atomic E-state index is 13.9. The van der Waals surface area contributed by atoms with Crippen LogP contribution in [0.1, 0.15) is 44.0 Å². The summed E-state index contributed by atoms with van der Waals surface area (Å²) in [5.41, 5.74) is 2.85. The van der Waals surface area contributed by atoms with Crippen LogP contribution in [0.2, 0.25) is 0 Å². The maximum absolute atomic E-state index is 13.9. The minimum atomic E-state index is -4.82. The van der Waals surface area contributed by atoms with Crippen molar-refractivity contribution < 1.29 is 27.0 Å². The molecule has 2 aliphatic rings. The van der Waals surface area contributed by atoms with E-state index in [9.17, 15) is 17.6 Å². The monoisotopic (exact) mass is 625 g/mol. The topological polar surface area (TPSA) is 98.7 Å². The number of anilines is 1. The third-order valence-corrected chi connectivity index (χ3v) is 8.51. The number of piperazine rings is 1. The number of fused-ring (bicyclic) bond motifs is 3. The summed E-state index contributed by atoms with van der Waals surface area (Å²) in [5, 5.41) is 8.36. The molecule has 0 N–H and O–H groups in total. The lowest BCUT2D eigenvalue weighted by molar-refractivity contribution is -0.274. The average molecular weight is 626 g/mol. The van der Waals surface area contributed by atoms with Gasteiger partial charge in [0.1, 0.15) is 23.4 Å². The Morgan fingerprint density at radius 3 is 2.56 bits per heavy atom. The van der Waals surface area contributed by atoms with E-state index < -0.39 is 18.2 Å². The molecule has 15 heteroatoms. The molecule has 0 saturated carbocycles. The fourth-order valence-corrected chi connectivity index (χ4v) is 6.46. The normalized spacial score (nSPS) is 22.0. The molecule has 1 aromatic carbocycles. The zero-order valence-electron chi connectivity index (χ0n) is 24.6. The molecule has 0 amide bonds. The van der Waals surface area contributed by atoms with Gasteiger partial charge in [0, 0.05) is 31.8 Å². The first-order valence-corrected chi connectivity index (χ1v) is 14.8. The van der Waals surface area contributed by atoms with Crippen molar-refractivity contribution in [2.75, 3.05) is 24.6 Å². The molecular weight excluding hydrogens is 594 g/mol. The number of benzene rings is 1. The number of hydrogen-bond donors (Lipinski definition) is 0. The van der Waals surface area contributed by atoms with Crippen LogP contribution in [-0.2, 0) is 11.3 Å². The lowest BCUT2D eigenvalue weighted by atomic mass is 9.96. The molecule has 1 unspecified atom stereocenters. The number of hydrogen-bond acceptors (Lipinski definition) is 9. The van der Waals surface area contributed by atoms with Gasteiger partial charge in [0.2, 0.25) is 0 Å². The summed E-state index contributed by atoms with van der Waals surface area (Å²) in [6.45, 7) is 6.67. The van der Waals surface area contributed by atoms with Crippen molar-refractivity contribution in [1.29, 1.82) is 0 Å². The van der Waals surface area contributed by atoms with E-state index in [4.69, 9.17) is 14.7 Å². The molecule has 4 aromatic heterocycles. The van der Waals surface area contributed by atoms with Gasteiger partial charge < -0.3 is 18.9 Å². The zero-order valence-corrected chi connectivity index (χ0v) is 24.6. The second kappa shape index (κ2) is 11.5. The van der Waals surface area contributed by atoms with Crippen LogP contribution in [0.5, 0.6) is 5.75 Å². The van der Waals surface area contributed by atoms with Crippen LogP contribution >= 0.6 is 0 Å². The van der Waals surface area contributed by atoms with Crippen molar-refractivity contribution in [2.45, 2.75) is 63.8 Å². The third kappa shape index (κ3) is 5.77. The lowest BCUT2D eigenvalue weighted by Crippen LogP contribution is -2.57. The number of rotatable bonds is 7. The first-order valence-electron chi connectivity index (χ1n) is 14.8. The molecule has 2 aliphatic heterocycles. The Hall–Kier alpha value is -4.37. The van der Waals surface area contributed by atoms with Crippen LogP contribution in [-0.4, -0.2) is 83.3 Å². The molecule has 2 fully saturated rings.